The molecule has 0 saturated heterocycles. The largest absolute Gasteiger partial charge is 0.491 e. The Kier molecular flexibility index (Phi) is 5.91. The number of hydrogen-bond acceptors (Lipinski definition) is 6. The van der Waals surface area contributed by atoms with E-state index < -0.39 is 33.1 Å². The summed E-state index contributed by atoms with van der Waals surface area (Å²) in [6, 6.07) is 16.8. The minimum atomic E-state index is -4.45. The van der Waals surface area contributed by atoms with Crippen LogP contribution < -0.4 is 9.04 Å². The number of fused-ring (bicyclic) bond motifs is 1. The molecule has 3 aromatic carbocycles. The molecule has 0 spiro atoms. The zero-order chi connectivity index (χ0) is 24.6. The van der Waals surface area contributed by atoms with Crippen molar-refractivity contribution in [3.63, 3.8) is 0 Å². The maximum atomic E-state index is 15.7. The summed E-state index contributed by atoms with van der Waals surface area (Å²) in [5, 5.41) is 2.90. The fourth-order valence-electron chi connectivity index (χ4n) is 3.79. The summed E-state index contributed by atoms with van der Waals surface area (Å²) >= 11 is 0.979. The number of sulfonamides is 1. The highest BCUT2D eigenvalue weighted by Gasteiger charge is 2.35. The van der Waals surface area contributed by atoms with Crippen LogP contribution in [0.4, 0.5) is 20.3 Å². The summed E-state index contributed by atoms with van der Waals surface area (Å²) in [5.41, 5.74) is -0.233. The monoisotopic (exact) mass is 509 g/mol. The fraction of sp³-hybridized carbons (Fsp3) is 0.0400. The van der Waals surface area contributed by atoms with Gasteiger partial charge in [-0.1, -0.05) is 36.4 Å². The van der Waals surface area contributed by atoms with Crippen LogP contribution in [-0.4, -0.2) is 24.9 Å². The standard InChI is InChI=1S/C25H17F2N3O3S2/c1-33-25-23(27)20(16-5-3-2-4-6-16)14-21(26)24(25)30(22-10-12-34-29-22)35(31,32)19-8-7-18-15-28-11-9-17(18)13-19/h2-15H,1H3. The lowest BCUT2D eigenvalue weighted by Crippen LogP contribution is -2.28. The molecule has 0 bridgehead atoms. The molecule has 0 fully saturated rings. The molecule has 0 amide bonds. The zero-order valence-electron chi connectivity index (χ0n) is 18.2. The topological polar surface area (TPSA) is 72.4 Å². The number of nitrogens with zero attached hydrogens (tertiary/aromatic N) is 3. The van der Waals surface area contributed by atoms with Crippen molar-refractivity contribution in [2.45, 2.75) is 4.90 Å². The molecule has 176 valence electrons. The van der Waals surface area contributed by atoms with E-state index in [1.54, 1.807) is 54.0 Å². The van der Waals surface area contributed by atoms with E-state index in [4.69, 9.17) is 4.74 Å². The Balaban J connectivity index is 1.76. The van der Waals surface area contributed by atoms with Crippen molar-refractivity contribution in [3.8, 4) is 16.9 Å². The van der Waals surface area contributed by atoms with Crippen LogP contribution in [0.15, 0.2) is 89.4 Å². The molecule has 2 aromatic heterocycles. The molecule has 0 aliphatic heterocycles. The quantitative estimate of drug-likeness (QED) is 0.274. The Labute approximate surface area is 204 Å². The molecule has 2 heterocycles. The SMILES string of the molecule is COc1c(F)c(-c2ccccc2)cc(F)c1N(c1ccsn1)S(=O)(=O)c1ccc2cnccc2c1. The van der Waals surface area contributed by atoms with Gasteiger partial charge in [0.15, 0.2) is 23.2 Å². The molecular weight excluding hydrogens is 492 g/mol. The van der Waals surface area contributed by atoms with Gasteiger partial charge < -0.3 is 4.74 Å². The van der Waals surface area contributed by atoms with Crippen LogP contribution in [0, 0.1) is 11.6 Å². The average Bonchev–Trinajstić information content (AvgIpc) is 3.40. The van der Waals surface area contributed by atoms with Crippen LogP contribution in [0.25, 0.3) is 21.9 Å². The first-order valence-corrected chi connectivity index (χ1v) is 12.6. The van der Waals surface area contributed by atoms with Crippen LogP contribution >= 0.6 is 11.5 Å². The molecule has 0 N–H and O–H groups in total. The van der Waals surface area contributed by atoms with Gasteiger partial charge in [0.05, 0.1) is 12.0 Å². The zero-order valence-corrected chi connectivity index (χ0v) is 19.9. The molecule has 0 aliphatic rings. The van der Waals surface area contributed by atoms with Gasteiger partial charge in [-0.3, -0.25) is 4.98 Å². The first kappa shape index (κ1) is 22.9. The number of hydrogen-bond donors (Lipinski definition) is 0. The van der Waals surface area contributed by atoms with Crippen molar-refractivity contribution in [2.24, 2.45) is 0 Å². The Morgan fingerprint density at radius 1 is 0.971 bits per heavy atom. The van der Waals surface area contributed by atoms with Gasteiger partial charge in [-0.05, 0) is 52.8 Å². The number of anilines is 2. The molecule has 0 saturated carbocycles. The molecule has 5 aromatic rings. The third-order valence-electron chi connectivity index (χ3n) is 5.42. The molecule has 5 rings (SSSR count). The second-order valence-corrected chi connectivity index (χ2v) is 9.93. The van der Waals surface area contributed by atoms with Gasteiger partial charge in [0, 0.05) is 28.7 Å². The lowest BCUT2D eigenvalue weighted by atomic mass is 10.0. The van der Waals surface area contributed by atoms with Crippen LogP contribution in [0.2, 0.25) is 0 Å². The molecule has 0 unspecified atom stereocenters. The van der Waals surface area contributed by atoms with Crippen LogP contribution in [0.1, 0.15) is 0 Å². The van der Waals surface area contributed by atoms with Gasteiger partial charge in [-0.2, -0.15) is 4.37 Å². The third-order valence-corrected chi connectivity index (χ3v) is 7.67. The minimum Gasteiger partial charge on any atom is -0.491 e. The maximum absolute atomic E-state index is 15.7. The number of rotatable bonds is 6. The lowest BCUT2D eigenvalue weighted by Gasteiger charge is -2.25. The Hall–Kier alpha value is -3.89. The molecule has 0 radical (unpaired) electrons. The van der Waals surface area contributed by atoms with E-state index in [0.29, 0.717) is 15.3 Å². The van der Waals surface area contributed by atoms with Crippen LogP contribution in [-0.2, 0) is 10.0 Å². The van der Waals surface area contributed by atoms with Crippen LogP contribution in [0.3, 0.4) is 0 Å². The maximum Gasteiger partial charge on any atom is 0.270 e. The number of halogens is 2. The molecule has 6 nitrogen and oxygen atoms in total. The Bertz CT molecular complexity index is 1630. The molecular formula is C25H17F2N3O3S2. The molecule has 10 heteroatoms. The van der Waals surface area contributed by atoms with E-state index in [2.05, 4.69) is 9.36 Å². The van der Waals surface area contributed by atoms with Gasteiger partial charge in [0.1, 0.15) is 5.69 Å². The van der Waals surface area contributed by atoms with Gasteiger partial charge in [0.2, 0.25) is 0 Å². The number of pyridine rings is 1. The van der Waals surface area contributed by atoms with Crippen molar-refractivity contribution in [3.05, 3.63) is 96.1 Å². The predicted molar refractivity (Wildman–Crippen MR) is 132 cm³/mol. The third kappa shape index (κ3) is 4.00. The van der Waals surface area contributed by atoms with Gasteiger partial charge in [0.25, 0.3) is 10.0 Å². The van der Waals surface area contributed by atoms with E-state index in [0.717, 1.165) is 30.1 Å². The molecule has 0 aliphatic carbocycles. The highest BCUT2D eigenvalue weighted by molar-refractivity contribution is 7.93. The summed E-state index contributed by atoms with van der Waals surface area (Å²) in [4.78, 5) is 3.90. The first-order valence-electron chi connectivity index (χ1n) is 10.3. The number of ether oxygens (including phenoxy) is 1. The second-order valence-electron chi connectivity index (χ2n) is 7.48. The highest BCUT2D eigenvalue weighted by Crippen LogP contribution is 2.44. The fourth-order valence-corrected chi connectivity index (χ4v) is 5.82. The van der Waals surface area contributed by atoms with E-state index in [1.165, 1.54) is 24.4 Å². The second kappa shape index (κ2) is 9.05. The van der Waals surface area contributed by atoms with Crippen molar-refractivity contribution in [1.82, 2.24) is 9.36 Å². The summed E-state index contributed by atoms with van der Waals surface area (Å²) in [6.07, 6.45) is 3.14. The number of aromatic nitrogens is 2. The number of benzene rings is 3. The predicted octanol–water partition coefficient (Wildman–Crippen LogP) is 6.17. The smallest absolute Gasteiger partial charge is 0.270 e. The van der Waals surface area contributed by atoms with Crippen molar-refractivity contribution < 1.29 is 21.9 Å². The Morgan fingerprint density at radius 2 is 1.77 bits per heavy atom. The van der Waals surface area contributed by atoms with Gasteiger partial charge >= 0.3 is 0 Å². The Morgan fingerprint density at radius 3 is 2.49 bits per heavy atom. The minimum absolute atomic E-state index is 0.0578. The summed E-state index contributed by atoms with van der Waals surface area (Å²) in [7, 11) is -3.29. The normalized spacial score (nSPS) is 11.5. The van der Waals surface area contributed by atoms with E-state index in [1.807, 2.05) is 0 Å². The lowest BCUT2D eigenvalue weighted by molar-refractivity contribution is 0.385. The summed E-state index contributed by atoms with van der Waals surface area (Å²) in [6.45, 7) is 0. The van der Waals surface area contributed by atoms with Crippen LogP contribution in [0.5, 0.6) is 5.75 Å². The summed E-state index contributed by atoms with van der Waals surface area (Å²) in [5.74, 6) is -2.52. The highest BCUT2D eigenvalue weighted by atomic mass is 32.2. The van der Waals surface area contributed by atoms with Gasteiger partial charge in [-0.15, -0.1) is 0 Å². The number of methoxy groups -OCH3 is 1. The first-order chi connectivity index (χ1) is 16.9. The van der Waals surface area contributed by atoms with Crippen molar-refractivity contribution in [2.75, 3.05) is 11.4 Å². The summed E-state index contributed by atoms with van der Waals surface area (Å²) < 4.78 is 69.2. The molecule has 0 atom stereocenters. The van der Waals surface area contributed by atoms with Gasteiger partial charge in [-0.25, -0.2) is 21.5 Å². The van der Waals surface area contributed by atoms with Crippen molar-refractivity contribution in [1.29, 1.82) is 0 Å². The molecule has 35 heavy (non-hydrogen) atoms. The van der Waals surface area contributed by atoms with Crippen molar-refractivity contribution >= 4 is 43.8 Å². The van der Waals surface area contributed by atoms with E-state index in [-0.39, 0.29) is 16.3 Å². The van der Waals surface area contributed by atoms with E-state index in [9.17, 15) is 8.42 Å². The van der Waals surface area contributed by atoms with E-state index >= 15 is 8.78 Å². The average molecular weight is 510 g/mol.